The maximum atomic E-state index is 5.83. The third-order valence-corrected chi connectivity index (χ3v) is 5.40. The lowest BCUT2D eigenvalue weighted by Crippen LogP contribution is -2.00. The summed E-state index contributed by atoms with van der Waals surface area (Å²) in [5.74, 6) is 0. The fourth-order valence-electron chi connectivity index (χ4n) is 3.71. The largest absolute Gasteiger partial charge is 0.370 e. The van der Waals surface area contributed by atoms with Gasteiger partial charge in [-0.2, -0.15) is 0 Å². The van der Waals surface area contributed by atoms with Gasteiger partial charge in [-0.15, -0.1) is 0 Å². The van der Waals surface area contributed by atoms with Crippen LogP contribution in [0.2, 0.25) is 0 Å². The zero-order valence-electron chi connectivity index (χ0n) is 16.1. The van der Waals surface area contributed by atoms with Crippen molar-refractivity contribution >= 4 is 0 Å². The van der Waals surface area contributed by atoms with Crippen LogP contribution in [0.4, 0.5) is 0 Å². The molecular weight excluding hydrogens is 292 g/mol. The second-order valence-corrected chi connectivity index (χ2v) is 7.53. The summed E-state index contributed by atoms with van der Waals surface area (Å²) >= 11 is 0. The lowest BCUT2D eigenvalue weighted by molar-refractivity contribution is 0.353. The molecule has 0 aromatic heterocycles. The minimum atomic E-state index is 0.545. The van der Waals surface area contributed by atoms with Gasteiger partial charge in [0, 0.05) is 0 Å². The van der Waals surface area contributed by atoms with Crippen LogP contribution in [0.3, 0.4) is 0 Å². The van der Waals surface area contributed by atoms with Gasteiger partial charge in [0.1, 0.15) is 0 Å². The fraction of sp³-hybridized carbons (Fsp3) is 0.739. The van der Waals surface area contributed by atoms with Gasteiger partial charge >= 0.3 is 0 Å². The van der Waals surface area contributed by atoms with Crippen molar-refractivity contribution in [2.45, 2.75) is 110 Å². The van der Waals surface area contributed by atoms with E-state index in [1.807, 2.05) is 0 Å². The van der Waals surface area contributed by atoms with E-state index in [4.69, 9.17) is 4.74 Å². The summed E-state index contributed by atoms with van der Waals surface area (Å²) in [6, 6.07) is 9.08. The van der Waals surface area contributed by atoms with Crippen LogP contribution in [-0.2, 0) is 17.6 Å². The molecule has 1 saturated heterocycles. The van der Waals surface area contributed by atoms with Gasteiger partial charge in [0.05, 0.1) is 12.2 Å². The summed E-state index contributed by atoms with van der Waals surface area (Å²) in [4.78, 5) is 0. The van der Waals surface area contributed by atoms with Gasteiger partial charge in [0.2, 0.25) is 0 Å². The molecule has 1 aromatic carbocycles. The summed E-state index contributed by atoms with van der Waals surface area (Å²) in [6.45, 7) is 4.55. The van der Waals surface area contributed by atoms with Crippen LogP contribution in [0.25, 0.3) is 0 Å². The van der Waals surface area contributed by atoms with Crippen LogP contribution in [-0.4, -0.2) is 12.2 Å². The molecule has 1 heteroatoms. The molecule has 0 aliphatic carbocycles. The zero-order valence-corrected chi connectivity index (χ0v) is 16.1. The van der Waals surface area contributed by atoms with Crippen LogP contribution in [0, 0.1) is 0 Å². The van der Waals surface area contributed by atoms with Crippen LogP contribution in [0.5, 0.6) is 0 Å². The summed E-state index contributed by atoms with van der Waals surface area (Å²) in [7, 11) is 0. The first-order valence-electron chi connectivity index (χ1n) is 10.6. The smallest absolute Gasteiger partial charge is 0.0845 e. The Morgan fingerprint density at radius 3 is 1.96 bits per heavy atom. The standard InChI is InChI=1S/C23H38O/c1-3-5-7-8-9-10-11-14-20-15-12-13-16-21(20)18-19-23-22(24-23)17-6-4-2/h12-13,15-16,22-23H,3-11,14,17-19H2,1-2H3. The molecule has 1 fully saturated rings. The molecular formula is C23H38O. The number of benzene rings is 1. The Morgan fingerprint density at radius 1 is 0.667 bits per heavy atom. The Hall–Kier alpha value is -0.820. The predicted octanol–water partition coefficient (Wildman–Crippen LogP) is 6.87. The lowest BCUT2D eigenvalue weighted by Gasteiger charge is -2.09. The molecule has 0 N–H and O–H groups in total. The molecule has 2 atom stereocenters. The van der Waals surface area contributed by atoms with Gasteiger partial charge in [-0.25, -0.2) is 0 Å². The van der Waals surface area contributed by atoms with E-state index in [1.54, 1.807) is 11.1 Å². The highest BCUT2D eigenvalue weighted by atomic mass is 16.6. The molecule has 0 amide bonds. The van der Waals surface area contributed by atoms with Gasteiger partial charge in [0.25, 0.3) is 0 Å². The number of hydrogen-bond donors (Lipinski definition) is 0. The van der Waals surface area contributed by atoms with Crippen molar-refractivity contribution < 1.29 is 4.74 Å². The van der Waals surface area contributed by atoms with Crippen LogP contribution < -0.4 is 0 Å². The van der Waals surface area contributed by atoms with Crippen molar-refractivity contribution in [3.05, 3.63) is 35.4 Å². The quantitative estimate of drug-likeness (QED) is 0.268. The minimum Gasteiger partial charge on any atom is -0.370 e. The van der Waals surface area contributed by atoms with Crippen molar-refractivity contribution in [3.63, 3.8) is 0 Å². The molecule has 0 spiro atoms. The highest BCUT2D eigenvalue weighted by molar-refractivity contribution is 5.27. The number of rotatable bonds is 14. The van der Waals surface area contributed by atoms with Crippen molar-refractivity contribution in [2.75, 3.05) is 0 Å². The van der Waals surface area contributed by atoms with Crippen molar-refractivity contribution in [1.29, 1.82) is 0 Å². The molecule has 0 radical (unpaired) electrons. The Labute approximate surface area is 150 Å². The summed E-state index contributed by atoms with van der Waals surface area (Å²) in [5.41, 5.74) is 3.14. The van der Waals surface area contributed by atoms with Crippen molar-refractivity contribution in [3.8, 4) is 0 Å². The number of aryl methyl sites for hydroxylation is 2. The SMILES string of the molecule is CCCCCCCCCc1ccccc1CCC1OC1CCCC. The molecule has 136 valence electrons. The Morgan fingerprint density at radius 2 is 1.25 bits per heavy atom. The molecule has 1 aromatic rings. The van der Waals surface area contributed by atoms with Crippen LogP contribution in [0.15, 0.2) is 24.3 Å². The summed E-state index contributed by atoms with van der Waals surface area (Å²) in [6.07, 6.45) is 18.4. The molecule has 2 unspecified atom stereocenters. The highest BCUT2D eigenvalue weighted by Crippen LogP contribution is 2.31. The van der Waals surface area contributed by atoms with E-state index in [0.717, 1.165) is 0 Å². The van der Waals surface area contributed by atoms with E-state index >= 15 is 0 Å². The molecule has 1 heterocycles. The molecule has 1 aliphatic heterocycles. The minimum absolute atomic E-state index is 0.545. The first kappa shape index (κ1) is 19.5. The lowest BCUT2D eigenvalue weighted by atomic mass is 9.96. The van der Waals surface area contributed by atoms with E-state index in [2.05, 4.69) is 38.1 Å². The second-order valence-electron chi connectivity index (χ2n) is 7.53. The van der Waals surface area contributed by atoms with E-state index in [1.165, 1.54) is 83.5 Å². The first-order valence-corrected chi connectivity index (χ1v) is 10.6. The molecule has 24 heavy (non-hydrogen) atoms. The Balaban J connectivity index is 1.63. The summed E-state index contributed by atoms with van der Waals surface area (Å²) < 4.78 is 5.83. The topological polar surface area (TPSA) is 12.5 Å². The van der Waals surface area contributed by atoms with Crippen molar-refractivity contribution in [1.82, 2.24) is 0 Å². The fourth-order valence-corrected chi connectivity index (χ4v) is 3.71. The van der Waals surface area contributed by atoms with Gasteiger partial charge < -0.3 is 4.74 Å². The zero-order chi connectivity index (χ0) is 17.0. The third-order valence-electron chi connectivity index (χ3n) is 5.40. The van der Waals surface area contributed by atoms with E-state index in [0.29, 0.717) is 12.2 Å². The Bertz CT molecular complexity index is 439. The van der Waals surface area contributed by atoms with E-state index in [9.17, 15) is 0 Å². The van der Waals surface area contributed by atoms with Gasteiger partial charge in [-0.1, -0.05) is 89.5 Å². The van der Waals surface area contributed by atoms with Gasteiger partial charge in [-0.3, -0.25) is 0 Å². The maximum absolute atomic E-state index is 5.83. The van der Waals surface area contributed by atoms with Gasteiger partial charge in [0.15, 0.2) is 0 Å². The molecule has 0 bridgehead atoms. The third kappa shape index (κ3) is 7.38. The molecule has 0 saturated carbocycles. The van der Waals surface area contributed by atoms with Crippen LogP contribution >= 0.6 is 0 Å². The Kier molecular flexibility index (Phi) is 9.50. The van der Waals surface area contributed by atoms with Gasteiger partial charge in [-0.05, 0) is 43.2 Å². The molecule has 1 nitrogen and oxygen atoms in total. The first-order chi connectivity index (χ1) is 11.8. The maximum Gasteiger partial charge on any atom is 0.0845 e. The van der Waals surface area contributed by atoms with E-state index < -0.39 is 0 Å². The normalized spacial score (nSPS) is 19.6. The average Bonchev–Trinajstić information content (AvgIpc) is 3.36. The second kappa shape index (κ2) is 11.7. The highest BCUT2D eigenvalue weighted by Gasteiger charge is 2.37. The number of hydrogen-bond acceptors (Lipinski definition) is 1. The molecule has 2 rings (SSSR count). The van der Waals surface area contributed by atoms with Crippen molar-refractivity contribution in [2.24, 2.45) is 0 Å². The average molecular weight is 331 g/mol. The summed E-state index contributed by atoms with van der Waals surface area (Å²) in [5, 5.41) is 0. The number of unbranched alkanes of at least 4 members (excludes halogenated alkanes) is 7. The molecule has 1 aliphatic rings. The van der Waals surface area contributed by atoms with E-state index in [-0.39, 0.29) is 0 Å². The number of ether oxygens (including phenoxy) is 1. The van der Waals surface area contributed by atoms with Crippen LogP contribution in [0.1, 0.15) is 95.6 Å². The monoisotopic (exact) mass is 330 g/mol. The predicted molar refractivity (Wildman–Crippen MR) is 105 cm³/mol. The number of epoxide rings is 1.